The second kappa shape index (κ2) is 17.5. The van der Waals surface area contributed by atoms with Crippen LogP contribution >= 0.6 is 0 Å². The standard InChI is InChI=1S/C23H46N8O5/c1-5-14(4)18(31-19(32)15(25)9-8-12-28-23(26)27)21(34)30-17(13(2)3)20(33)29-16(22(35)36)10-6-7-11-24/h13-18H,5-12,24-25H2,1-4H3,(H,29,33)(H,30,34)(H,31,32)(H,35,36)(H4,26,27,28)/t14-,15-,16-,17-,18-/m0/s1. The molecule has 0 saturated carbocycles. The van der Waals surface area contributed by atoms with Gasteiger partial charge in [-0.2, -0.15) is 0 Å². The number of carbonyl (C=O) groups excluding carboxylic acids is 3. The van der Waals surface area contributed by atoms with Crippen molar-refractivity contribution in [3.05, 3.63) is 0 Å². The minimum absolute atomic E-state index is 0.171. The number of nitrogens with one attached hydrogen (secondary N) is 5. The Hall–Kier alpha value is -2.93. The molecule has 208 valence electrons. The van der Waals surface area contributed by atoms with Crippen molar-refractivity contribution in [2.75, 3.05) is 13.1 Å². The molecule has 13 nitrogen and oxygen atoms in total. The van der Waals surface area contributed by atoms with E-state index in [1.54, 1.807) is 20.8 Å². The van der Waals surface area contributed by atoms with Crippen molar-refractivity contribution < 1.29 is 24.3 Å². The largest absolute Gasteiger partial charge is 0.480 e. The first kappa shape index (κ1) is 33.1. The van der Waals surface area contributed by atoms with E-state index in [2.05, 4.69) is 21.3 Å². The number of amides is 3. The lowest BCUT2D eigenvalue weighted by Gasteiger charge is -2.29. The number of guanidine groups is 1. The van der Waals surface area contributed by atoms with Crippen LogP contribution in [0.5, 0.6) is 0 Å². The maximum absolute atomic E-state index is 13.2. The van der Waals surface area contributed by atoms with E-state index in [1.165, 1.54) is 0 Å². The number of carboxylic acid groups (broad SMARTS) is 1. The maximum atomic E-state index is 13.2. The van der Waals surface area contributed by atoms with Crippen LogP contribution in [0.25, 0.3) is 0 Å². The molecule has 0 spiro atoms. The molecule has 36 heavy (non-hydrogen) atoms. The van der Waals surface area contributed by atoms with Crippen molar-refractivity contribution in [1.82, 2.24) is 21.3 Å². The van der Waals surface area contributed by atoms with Gasteiger partial charge in [0, 0.05) is 6.54 Å². The topological polar surface area (TPSA) is 239 Å². The molecule has 0 bridgehead atoms. The van der Waals surface area contributed by atoms with Crippen LogP contribution in [0.3, 0.4) is 0 Å². The molecule has 0 aromatic rings. The zero-order valence-corrected chi connectivity index (χ0v) is 21.9. The van der Waals surface area contributed by atoms with Crippen molar-refractivity contribution >= 4 is 29.7 Å². The molecule has 0 aromatic carbocycles. The lowest BCUT2D eigenvalue weighted by atomic mass is 9.95. The number of aliphatic carboxylic acids is 1. The van der Waals surface area contributed by atoms with Crippen LogP contribution in [-0.2, 0) is 19.2 Å². The molecule has 0 aromatic heterocycles. The molecule has 0 fully saturated rings. The van der Waals surface area contributed by atoms with Gasteiger partial charge in [-0.15, -0.1) is 0 Å². The van der Waals surface area contributed by atoms with E-state index in [9.17, 15) is 24.3 Å². The Morgan fingerprint density at radius 1 is 0.889 bits per heavy atom. The number of carbonyl (C=O) groups is 4. The van der Waals surface area contributed by atoms with Gasteiger partial charge in [-0.1, -0.05) is 34.1 Å². The fourth-order valence-corrected chi connectivity index (χ4v) is 3.43. The van der Waals surface area contributed by atoms with Crippen LogP contribution in [0.15, 0.2) is 0 Å². The first-order valence-corrected chi connectivity index (χ1v) is 12.5. The predicted molar refractivity (Wildman–Crippen MR) is 138 cm³/mol. The summed E-state index contributed by atoms with van der Waals surface area (Å²) in [6.45, 7) is 7.95. The highest BCUT2D eigenvalue weighted by Crippen LogP contribution is 2.12. The maximum Gasteiger partial charge on any atom is 0.326 e. The van der Waals surface area contributed by atoms with Crippen molar-refractivity contribution in [2.24, 2.45) is 29.0 Å². The Balaban J connectivity index is 5.30. The summed E-state index contributed by atoms with van der Waals surface area (Å²) < 4.78 is 0. The molecule has 0 aliphatic heterocycles. The Bertz CT molecular complexity index is 733. The van der Waals surface area contributed by atoms with Gasteiger partial charge in [-0.05, 0) is 50.5 Å². The van der Waals surface area contributed by atoms with Gasteiger partial charge in [-0.25, -0.2) is 4.79 Å². The molecule has 0 saturated heterocycles. The minimum atomic E-state index is -1.16. The molecular weight excluding hydrogens is 468 g/mol. The van der Waals surface area contributed by atoms with Gasteiger partial charge < -0.3 is 43.6 Å². The minimum Gasteiger partial charge on any atom is -0.480 e. The molecule has 0 aliphatic carbocycles. The first-order valence-electron chi connectivity index (χ1n) is 12.5. The predicted octanol–water partition coefficient (Wildman–Crippen LogP) is -1.05. The highest BCUT2D eigenvalue weighted by atomic mass is 16.4. The molecular formula is C23H46N8O5. The van der Waals surface area contributed by atoms with E-state index >= 15 is 0 Å². The molecule has 0 aliphatic rings. The molecule has 3 amide bonds. The third kappa shape index (κ3) is 12.7. The highest BCUT2D eigenvalue weighted by molar-refractivity contribution is 5.94. The summed E-state index contributed by atoms with van der Waals surface area (Å²) in [6.07, 6.45) is 2.80. The van der Waals surface area contributed by atoms with Crippen LogP contribution in [0.2, 0.25) is 0 Å². The van der Waals surface area contributed by atoms with Crippen LogP contribution < -0.4 is 38.5 Å². The van der Waals surface area contributed by atoms with Gasteiger partial charge in [0.25, 0.3) is 0 Å². The smallest absolute Gasteiger partial charge is 0.326 e. The average molecular weight is 515 g/mol. The van der Waals surface area contributed by atoms with E-state index in [0.29, 0.717) is 45.2 Å². The highest BCUT2D eigenvalue weighted by Gasteiger charge is 2.33. The van der Waals surface area contributed by atoms with Crippen molar-refractivity contribution in [2.45, 2.75) is 90.4 Å². The molecule has 0 heterocycles. The molecule has 5 atom stereocenters. The molecule has 0 radical (unpaired) electrons. The van der Waals surface area contributed by atoms with Gasteiger partial charge in [0.05, 0.1) is 6.04 Å². The van der Waals surface area contributed by atoms with Crippen molar-refractivity contribution in [3.63, 3.8) is 0 Å². The summed E-state index contributed by atoms with van der Waals surface area (Å²) >= 11 is 0. The third-order valence-electron chi connectivity index (χ3n) is 5.95. The Labute approximate surface area is 213 Å². The average Bonchev–Trinajstić information content (AvgIpc) is 2.81. The number of rotatable bonds is 18. The monoisotopic (exact) mass is 514 g/mol. The van der Waals surface area contributed by atoms with Crippen LogP contribution in [0.1, 0.15) is 66.2 Å². The second-order valence-electron chi connectivity index (χ2n) is 9.38. The fraction of sp³-hybridized carbons (Fsp3) is 0.783. The summed E-state index contributed by atoms with van der Waals surface area (Å²) in [7, 11) is 0. The Kier molecular flexibility index (Phi) is 16.1. The lowest BCUT2D eigenvalue weighted by molar-refractivity contribution is -0.143. The summed E-state index contributed by atoms with van der Waals surface area (Å²) in [5.41, 5.74) is 16.7. The Morgan fingerprint density at radius 2 is 1.47 bits per heavy atom. The van der Waals surface area contributed by atoms with E-state index in [-0.39, 0.29) is 24.2 Å². The Morgan fingerprint density at radius 3 is 1.97 bits per heavy atom. The number of hydrogen-bond donors (Lipinski definition) is 9. The molecule has 0 unspecified atom stereocenters. The number of unbranched alkanes of at least 4 members (excludes halogenated alkanes) is 1. The molecule has 0 rings (SSSR count). The van der Waals surface area contributed by atoms with Gasteiger partial charge in [-0.3, -0.25) is 19.8 Å². The number of nitrogens with two attached hydrogens (primary N) is 3. The summed E-state index contributed by atoms with van der Waals surface area (Å²) in [6, 6.07) is -3.89. The van der Waals surface area contributed by atoms with Gasteiger partial charge in [0.1, 0.15) is 18.1 Å². The normalized spacial score (nSPS) is 15.2. The summed E-state index contributed by atoms with van der Waals surface area (Å²) in [4.78, 5) is 50.3. The van der Waals surface area contributed by atoms with Crippen molar-refractivity contribution in [1.29, 1.82) is 5.41 Å². The second-order valence-corrected chi connectivity index (χ2v) is 9.38. The summed E-state index contributed by atoms with van der Waals surface area (Å²) in [5.74, 6) is -3.58. The van der Waals surface area contributed by atoms with E-state index < -0.39 is 47.9 Å². The van der Waals surface area contributed by atoms with E-state index in [4.69, 9.17) is 22.6 Å². The van der Waals surface area contributed by atoms with Crippen LogP contribution in [-0.4, -0.2) is 72.0 Å². The fourth-order valence-electron chi connectivity index (χ4n) is 3.43. The summed E-state index contributed by atoms with van der Waals surface area (Å²) in [5, 5.41) is 27.1. The molecule has 12 N–H and O–H groups in total. The first-order chi connectivity index (χ1) is 16.8. The number of hydrogen-bond acceptors (Lipinski definition) is 7. The van der Waals surface area contributed by atoms with Crippen LogP contribution in [0, 0.1) is 17.2 Å². The quantitative estimate of drug-likeness (QED) is 0.0614. The van der Waals surface area contributed by atoms with E-state index in [0.717, 1.165) is 0 Å². The van der Waals surface area contributed by atoms with Crippen molar-refractivity contribution in [3.8, 4) is 0 Å². The molecule has 13 heteroatoms. The zero-order valence-electron chi connectivity index (χ0n) is 21.9. The third-order valence-corrected chi connectivity index (χ3v) is 5.95. The van der Waals surface area contributed by atoms with Gasteiger partial charge in [0.15, 0.2) is 5.96 Å². The van der Waals surface area contributed by atoms with E-state index in [1.807, 2.05) is 6.92 Å². The SMILES string of the molecule is CC[C@H](C)[C@H](NC(=O)[C@@H](N)CCCNC(=N)N)C(=O)N[C@H](C(=O)N[C@@H](CCCCN)C(=O)O)C(C)C. The zero-order chi connectivity index (χ0) is 27.8. The van der Waals surface area contributed by atoms with Gasteiger partial charge >= 0.3 is 5.97 Å². The number of carboxylic acids is 1. The van der Waals surface area contributed by atoms with Gasteiger partial charge in [0.2, 0.25) is 17.7 Å². The lowest BCUT2D eigenvalue weighted by Crippen LogP contribution is -2.59. The van der Waals surface area contributed by atoms with Crippen LogP contribution in [0.4, 0.5) is 0 Å².